The monoisotopic (exact) mass is 261 g/mol. The third-order valence-electron chi connectivity index (χ3n) is 2.73. The summed E-state index contributed by atoms with van der Waals surface area (Å²) < 4.78 is 3.11. The summed E-state index contributed by atoms with van der Waals surface area (Å²) in [5.74, 6) is 0.188. The first kappa shape index (κ1) is 10.9. The summed E-state index contributed by atoms with van der Waals surface area (Å²) in [6.45, 7) is 0.692. The van der Waals surface area contributed by atoms with Crippen LogP contribution >= 0.6 is 23.3 Å². The predicted molar refractivity (Wildman–Crippen MR) is 73.7 cm³/mol. The van der Waals surface area contributed by atoms with Gasteiger partial charge in [0.2, 0.25) is 5.91 Å². The second-order valence-corrected chi connectivity index (χ2v) is 5.70. The van der Waals surface area contributed by atoms with Gasteiger partial charge in [0.1, 0.15) is 0 Å². The van der Waals surface area contributed by atoms with Gasteiger partial charge in [0.15, 0.2) is 0 Å². The number of rotatable bonds is 2. The lowest BCUT2D eigenvalue weighted by Crippen LogP contribution is -2.24. The fourth-order valence-electron chi connectivity index (χ4n) is 1.86. The normalized spacial score (nSPS) is 15.8. The highest BCUT2D eigenvalue weighted by Gasteiger charge is 2.17. The van der Waals surface area contributed by atoms with Crippen LogP contribution < -0.4 is 0 Å². The number of hydrogen-bond acceptors (Lipinski definition) is 3. The Morgan fingerprint density at radius 3 is 3.06 bits per heavy atom. The molecule has 0 saturated carbocycles. The smallest absolute Gasteiger partial charge is 0.236 e. The lowest BCUT2D eigenvalue weighted by Gasteiger charge is -2.21. The summed E-state index contributed by atoms with van der Waals surface area (Å²) in [7, 11) is 0. The number of amides is 1. The Labute approximate surface area is 108 Å². The number of benzene rings is 1. The Balaban J connectivity index is 1.90. The average molecular weight is 261 g/mol. The van der Waals surface area contributed by atoms with E-state index < -0.39 is 0 Å². The van der Waals surface area contributed by atoms with Crippen LogP contribution in [0.5, 0.6) is 0 Å². The van der Waals surface area contributed by atoms with E-state index in [0.29, 0.717) is 13.0 Å². The van der Waals surface area contributed by atoms with Crippen LogP contribution in [0.15, 0.2) is 41.1 Å². The Kier molecular flexibility index (Phi) is 2.91. The van der Waals surface area contributed by atoms with Crippen LogP contribution in [0.25, 0.3) is 10.1 Å². The molecule has 1 aromatic carbocycles. The van der Waals surface area contributed by atoms with Crippen LogP contribution in [0.2, 0.25) is 0 Å². The molecule has 0 unspecified atom stereocenters. The van der Waals surface area contributed by atoms with Gasteiger partial charge < -0.3 is 0 Å². The van der Waals surface area contributed by atoms with Crippen LogP contribution in [0.1, 0.15) is 12.0 Å². The van der Waals surface area contributed by atoms with Gasteiger partial charge >= 0.3 is 0 Å². The molecule has 0 radical (unpaired) electrons. The largest absolute Gasteiger partial charge is 0.278 e. The van der Waals surface area contributed by atoms with Gasteiger partial charge in [0, 0.05) is 11.1 Å². The van der Waals surface area contributed by atoms with Crippen molar-refractivity contribution in [1.29, 1.82) is 0 Å². The van der Waals surface area contributed by atoms with Crippen LogP contribution in [0, 0.1) is 0 Å². The fraction of sp³-hybridized carbons (Fsp3) is 0.154. The molecule has 0 saturated heterocycles. The number of carbonyl (C=O) groups excluding carboxylic acids is 1. The highest BCUT2D eigenvalue weighted by Crippen LogP contribution is 2.29. The Bertz CT molecular complexity index is 588. The Hall–Kier alpha value is -1.26. The van der Waals surface area contributed by atoms with E-state index in [1.807, 2.05) is 27.9 Å². The summed E-state index contributed by atoms with van der Waals surface area (Å²) in [6.07, 6.45) is 2.43. The van der Waals surface area contributed by atoms with Crippen molar-refractivity contribution in [1.82, 2.24) is 4.31 Å². The van der Waals surface area contributed by atoms with E-state index in [4.69, 9.17) is 0 Å². The SMILES string of the molecule is O=C1CC=CSN1Cc1csc2ccccc12. The van der Waals surface area contributed by atoms with E-state index in [0.717, 1.165) is 0 Å². The topological polar surface area (TPSA) is 20.3 Å². The van der Waals surface area contributed by atoms with Gasteiger partial charge in [-0.3, -0.25) is 9.10 Å². The molecule has 2 heterocycles. The molecule has 2 aromatic rings. The minimum atomic E-state index is 0.188. The third-order valence-corrected chi connectivity index (χ3v) is 4.64. The van der Waals surface area contributed by atoms with Gasteiger partial charge in [-0.05, 0) is 39.8 Å². The van der Waals surface area contributed by atoms with Crippen molar-refractivity contribution < 1.29 is 4.79 Å². The van der Waals surface area contributed by atoms with Gasteiger partial charge in [0.25, 0.3) is 0 Å². The van der Waals surface area contributed by atoms with Crippen molar-refractivity contribution in [2.45, 2.75) is 13.0 Å². The van der Waals surface area contributed by atoms with E-state index in [9.17, 15) is 4.79 Å². The van der Waals surface area contributed by atoms with Crippen molar-refractivity contribution in [2.24, 2.45) is 0 Å². The molecule has 0 N–H and O–H groups in total. The van der Waals surface area contributed by atoms with E-state index in [-0.39, 0.29) is 5.91 Å². The van der Waals surface area contributed by atoms with E-state index in [1.54, 1.807) is 11.3 Å². The van der Waals surface area contributed by atoms with Crippen molar-refractivity contribution >= 4 is 39.3 Å². The molecular weight excluding hydrogens is 250 g/mol. The van der Waals surface area contributed by atoms with Crippen LogP contribution in [0.3, 0.4) is 0 Å². The first-order valence-corrected chi connectivity index (χ1v) is 7.13. The molecule has 1 aromatic heterocycles. The number of fused-ring (bicyclic) bond motifs is 1. The van der Waals surface area contributed by atoms with Crippen molar-refractivity contribution in [3.8, 4) is 0 Å². The van der Waals surface area contributed by atoms with E-state index in [1.165, 1.54) is 27.6 Å². The lowest BCUT2D eigenvalue weighted by molar-refractivity contribution is -0.125. The first-order valence-electron chi connectivity index (χ1n) is 5.42. The molecule has 1 aliphatic heterocycles. The molecule has 2 nitrogen and oxygen atoms in total. The summed E-state index contributed by atoms with van der Waals surface area (Å²) in [5, 5.41) is 5.40. The molecule has 4 heteroatoms. The third kappa shape index (κ3) is 2.10. The summed E-state index contributed by atoms with van der Waals surface area (Å²) in [5.41, 5.74) is 1.24. The van der Waals surface area contributed by atoms with Gasteiger partial charge in [-0.2, -0.15) is 0 Å². The van der Waals surface area contributed by atoms with Gasteiger partial charge in [0.05, 0.1) is 6.54 Å². The predicted octanol–water partition coefficient (Wildman–Crippen LogP) is 3.80. The molecule has 0 aliphatic carbocycles. The maximum absolute atomic E-state index is 11.7. The molecule has 0 spiro atoms. The van der Waals surface area contributed by atoms with Gasteiger partial charge in [-0.1, -0.05) is 24.3 Å². The minimum Gasteiger partial charge on any atom is -0.278 e. The van der Waals surface area contributed by atoms with Gasteiger partial charge in [-0.15, -0.1) is 11.3 Å². The standard InChI is InChI=1S/C13H11NOS2/c15-13-6-3-7-17-14(13)8-10-9-16-12-5-2-1-4-11(10)12/h1-5,7,9H,6,8H2. The second-order valence-electron chi connectivity index (χ2n) is 3.87. The molecule has 3 rings (SSSR count). The van der Waals surface area contributed by atoms with Crippen molar-refractivity contribution in [3.05, 3.63) is 46.7 Å². The Morgan fingerprint density at radius 1 is 1.29 bits per heavy atom. The molecule has 0 fully saturated rings. The average Bonchev–Trinajstić information content (AvgIpc) is 2.76. The van der Waals surface area contributed by atoms with E-state index >= 15 is 0 Å². The molecule has 0 atom stereocenters. The van der Waals surface area contributed by atoms with Crippen molar-refractivity contribution in [3.63, 3.8) is 0 Å². The van der Waals surface area contributed by atoms with Crippen LogP contribution in [-0.4, -0.2) is 10.2 Å². The summed E-state index contributed by atoms with van der Waals surface area (Å²) in [6, 6.07) is 8.33. The quantitative estimate of drug-likeness (QED) is 0.766. The van der Waals surface area contributed by atoms with Crippen molar-refractivity contribution in [2.75, 3.05) is 0 Å². The zero-order valence-electron chi connectivity index (χ0n) is 9.13. The summed E-state index contributed by atoms with van der Waals surface area (Å²) in [4.78, 5) is 11.7. The molecule has 1 aliphatic rings. The molecule has 86 valence electrons. The molecule has 17 heavy (non-hydrogen) atoms. The van der Waals surface area contributed by atoms with Crippen LogP contribution in [0.4, 0.5) is 0 Å². The fourth-order valence-corrected chi connectivity index (χ4v) is 3.55. The summed E-state index contributed by atoms with van der Waals surface area (Å²) >= 11 is 3.22. The highest BCUT2D eigenvalue weighted by molar-refractivity contribution is 8.00. The first-order chi connectivity index (χ1) is 8.34. The molecular formula is C13H11NOS2. The van der Waals surface area contributed by atoms with E-state index in [2.05, 4.69) is 17.5 Å². The van der Waals surface area contributed by atoms with Crippen LogP contribution in [-0.2, 0) is 11.3 Å². The minimum absolute atomic E-state index is 0.188. The Morgan fingerprint density at radius 2 is 2.18 bits per heavy atom. The maximum Gasteiger partial charge on any atom is 0.236 e. The molecule has 1 amide bonds. The van der Waals surface area contributed by atoms with Gasteiger partial charge in [-0.25, -0.2) is 0 Å². The number of hydrogen-bond donors (Lipinski definition) is 0. The number of carbonyl (C=O) groups is 1. The maximum atomic E-state index is 11.7. The number of thiophene rings is 1. The zero-order valence-corrected chi connectivity index (χ0v) is 10.8. The number of nitrogens with zero attached hydrogens (tertiary/aromatic N) is 1. The zero-order chi connectivity index (χ0) is 11.7. The highest BCUT2D eigenvalue weighted by atomic mass is 32.2. The molecule has 0 bridgehead atoms. The second kappa shape index (κ2) is 4.55. The lowest BCUT2D eigenvalue weighted by atomic mass is 10.2.